The number of ether oxygens (including phenoxy) is 1. The van der Waals surface area contributed by atoms with Crippen LogP contribution in [0.2, 0.25) is 0 Å². The second kappa shape index (κ2) is 8.41. The van der Waals surface area contributed by atoms with Crippen LogP contribution in [0.15, 0.2) is 24.3 Å². The number of hydrogen-bond donors (Lipinski definition) is 6. The quantitative estimate of drug-likeness (QED) is 0.148. The van der Waals surface area contributed by atoms with E-state index in [2.05, 4.69) is 5.32 Å². The van der Waals surface area contributed by atoms with Crippen LogP contribution >= 0.6 is 15.2 Å². The predicted molar refractivity (Wildman–Crippen MR) is 88.4 cm³/mol. The summed E-state index contributed by atoms with van der Waals surface area (Å²) in [6, 6.07) is 5.81. The number of rotatable bonds is 8. The molecule has 1 amide bonds. The van der Waals surface area contributed by atoms with Crippen molar-refractivity contribution in [3.05, 3.63) is 29.8 Å². The molecule has 146 valence electrons. The van der Waals surface area contributed by atoms with Crippen molar-refractivity contribution in [1.82, 2.24) is 5.32 Å². The molecule has 0 saturated carbocycles. The molecule has 0 saturated heterocycles. The number of benzene rings is 1. The van der Waals surface area contributed by atoms with Gasteiger partial charge in [-0.25, -0.2) is 0 Å². The highest BCUT2D eigenvalue weighted by Gasteiger charge is 2.58. The van der Waals surface area contributed by atoms with Crippen molar-refractivity contribution in [2.45, 2.75) is 24.8 Å². The summed E-state index contributed by atoms with van der Waals surface area (Å²) >= 11 is 0. The summed E-state index contributed by atoms with van der Waals surface area (Å²) in [5, 5.41) is 8.53. The van der Waals surface area contributed by atoms with E-state index in [1.54, 1.807) is 0 Å². The van der Waals surface area contributed by atoms with E-state index in [0.717, 1.165) is 6.92 Å². The highest BCUT2D eigenvalue weighted by Crippen LogP contribution is 2.69. The second-order valence-electron chi connectivity index (χ2n) is 5.31. The van der Waals surface area contributed by atoms with Crippen LogP contribution in [0.1, 0.15) is 30.1 Å². The number of para-hydroxylation sites is 1. The van der Waals surface area contributed by atoms with Gasteiger partial charge in [0.25, 0.3) is 11.0 Å². The van der Waals surface area contributed by atoms with Gasteiger partial charge in [-0.05, 0) is 18.6 Å². The monoisotopic (exact) mass is 411 g/mol. The van der Waals surface area contributed by atoms with Gasteiger partial charge in [0.2, 0.25) is 0 Å². The van der Waals surface area contributed by atoms with E-state index in [0.29, 0.717) is 0 Å². The average molecular weight is 411 g/mol. The van der Waals surface area contributed by atoms with Gasteiger partial charge in [-0.1, -0.05) is 12.1 Å². The van der Waals surface area contributed by atoms with Gasteiger partial charge in [-0.3, -0.25) is 18.7 Å². The molecule has 6 N–H and O–H groups in total. The Morgan fingerprint density at radius 1 is 1.12 bits per heavy atom. The molecule has 0 spiro atoms. The van der Waals surface area contributed by atoms with E-state index in [-0.39, 0.29) is 24.3 Å². The summed E-state index contributed by atoms with van der Waals surface area (Å²) in [5.41, 5.74) is 0.0166. The van der Waals surface area contributed by atoms with E-state index < -0.39 is 38.6 Å². The molecule has 0 aliphatic rings. The zero-order valence-corrected chi connectivity index (χ0v) is 15.4. The summed E-state index contributed by atoms with van der Waals surface area (Å²) < 4.78 is 27.3. The summed E-state index contributed by atoms with van der Waals surface area (Å²) in [6.07, 6.45) is -1.29. The average Bonchev–Trinajstić information content (AvgIpc) is 2.48. The predicted octanol–water partition coefficient (Wildman–Crippen LogP) is 0.123. The molecule has 0 heterocycles. The first-order chi connectivity index (χ1) is 11.8. The Balaban J connectivity index is 2.75. The largest absolute Gasteiger partial charge is 0.426 e. The lowest BCUT2D eigenvalue weighted by Gasteiger charge is -2.29. The minimum atomic E-state index is -5.53. The maximum absolute atomic E-state index is 12.1. The van der Waals surface area contributed by atoms with Crippen LogP contribution in [-0.2, 0) is 13.9 Å². The van der Waals surface area contributed by atoms with Crippen LogP contribution in [0.25, 0.3) is 0 Å². The van der Waals surface area contributed by atoms with Gasteiger partial charge in [-0.2, -0.15) is 0 Å². The Labute approximate surface area is 148 Å². The molecule has 11 nitrogen and oxygen atoms in total. The lowest BCUT2D eigenvalue weighted by molar-refractivity contribution is -0.131. The van der Waals surface area contributed by atoms with Gasteiger partial charge in [0, 0.05) is 19.9 Å². The van der Waals surface area contributed by atoms with E-state index in [4.69, 9.17) is 24.3 Å². The summed E-state index contributed by atoms with van der Waals surface area (Å²) in [6.45, 7) is 0.898. The van der Waals surface area contributed by atoms with E-state index in [1.165, 1.54) is 24.3 Å². The first-order valence-electron chi connectivity index (χ1n) is 7.19. The van der Waals surface area contributed by atoms with Crippen molar-refractivity contribution in [3.63, 3.8) is 0 Å². The molecule has 0 aliphatic heterocycles. The fraction of sp³-hybridized carbons (Fsp3) is 0.385. The molecule has 0 unspecified atom stereocenters. The lowest BCUT2D eigenvalue weighted by atomic mass is 10.2. The fourth-order valence-electron chi connectivity index (χ4n) is 1.98. The molecular formula is C13H19NO10P2. The van der Waals surface area contributed by atoms with Crippen molar-refractivity contribution >= 4 is 27.1 Å². The van der Waals surface area contributed by atoms with E-state index in [1.807, 2.05) is 0 Å². The van der Waals surface area contributed by atoms with Crippen LogP contribution < -0.4 is 10.1 Å². The van der Waals surface area contributed by atoms with Crippen molar-refractivity contribution in [2.24, 2.45) is 0 Å². The summed E-state index contributed by atoms with van der Waals surface area (Å²) in [7, 11) is -11.1. The highest BCUT2D eigenvalue weighted by atomic mass is 31.2. The van der Waals surface area contributed by atoms with Crippen LogP contribution in [0.5, 0.6) is 5.75 Å². The Morgan fingerprint density at radius 2 is 1.65 bits per heavy atom. The molecule has 0 fully saturated rings. The van der Waals surface area contributed by atoms with Crippen LogP contribution in [0.3, 0.4) is 0 Å². The van der Waals surface area contributed by atoms with Crippen LogP contribution in [0, 0.1) is 0 Å². The number of esters is 1. The standard InChI is InChI=1S/C13H19NO10P2/c1-9(15)24-11-6-3-2-5-10(11)12(16)14-8-4-7-13(17,25(18,19)20)26(21,22)23/h2-3,5-6,17H,4,7-8H2,1H3,(H,14,16)(H2,18,19,20)(H2,21,22,23). The van der Waals surface area contributed by atoms with Gasteiger partial charge in [0.1, 0.15) is 5.75 Å². The van der Waals surface area contributed by atoms with Gasteiger partial charge in [0.05, 0.1) is 5.56 Å². The second-order valence-corrected chi connectivity index (χ2v) is 9.32. The fourth-order valence-corrected chi connectivity index (χ4v) is 4.24. The van der Waals surface area contributed by atoms with Crippen molar-refractivity contribution in [2.75, 3.05) is 6.54 Å². The van der Waals surface area contributed by atoms with Crippen molar-refractivity contribution in [3.8, 4) is 5.75 Å². The Kier molecular flexibility index (Phi) is 7.26. The number of amides is 1. The SMILES string of the molecule is CC(=O)Oc1ccccc1C(=O)NCCCC(O)(P(=O)(O)O)P(=O)(O)O. The molecule has 13 heteroatoms. The molecule has 26 heavy (non-hydrogen) atoms. The Bertz CT molecular complexity index is 746. The normalized spacial score (nSPS) is 12.5. The maximum atomic E-state index is 12.1. The minimum absolute atomic E-state index is 0.000519. The van der Waals surface area contributed by atoms with E-state index >= 15 is 0 Å². The number of carbonyl (C=O) groups excluding carboxylic acids is 2. The molecule has 0 atom stereocenters. The molecule has 0 aromatic heterocycles. The van der Waals surface area contributed by atoms with Gasteiger partial charge < -0.3 is 34.7 Å². The van der Waals surface area contributed by atoms with Gasteiger partial charge in [0.15, 0.2) is 0 Å². The number of carbonyl (C=O) groups is 2. The summed E-state index contributed by atoms with van der Waals surface area (Å²) in [5.74, 6) is -1.32. The van der Waals surface area contributed by atoms with Crippen molar-refractivity contribution < 1.29 is 48.1 Å². The first kappa shape index (κ1) is 22.5. The van der Waals surface area contributed by atoms with Gasteiger partial charge in [-0.15, -0.1) is 0 Å². The van der Waals surface area contributed by atoms with Crippen molar-refractivity contribution in [1.29, 1.82) is 0 Å². The Morgan fingerprint density at radius 3 is 2.15 bits per heavy atom. The van der Waals surface area contributed by atoms with E-state index in [9.17, 15) is 23.8 Å². The maximum Gasteiger partial charge on any atom is 0.369 e. The highest BCUT2D eigenvalue weighted by molar-refractivity contribution is 7.72. The zero-order valence-electron chi connectivity index (χ0n) is 13.6. The van der Waals surface area contributed by atoms with Crippen LogP contribution in [0.4, 0.5) is 0 Å². The third-order valence-corrected chi connectivity index (χ3v) is 7.17. The smallest absolute Gasteiger partial charge is 0.369 e. The molecule has 0 radical (unpaired) electrons. The molecule has 1 aromatic carbocycles. The molecular weight excluding hydrogens is 392 g/mol. The number of nitrogens with one attached hydrogen (secondary N) is 1. The third kappa shape index (κ3) is 5.46. The first-order valence-corrected chi connectivity index (χ1v) is 10.4. The molecule has 1 aromatic rings. The third-order valence-electron chi connectivity index (χ3n) is 3.29. The topological polar surface area (TPSA) is 191 Å². The molecule has 1 rings (SSSR count). The molecule has 0 bridgehead atoms. The lowest BCUT2D eigenvalue weighted by Crippen LogP contribution is -2.31. The Hall–Kier alpha value is -1.58. The van der Waals surface area contributed by atoms with Gasteiger partial charge >= 0.3 is 21.2 Å². The molecule has 0 aliphatic carbocycles. The summed E-state index contributed by atoms with van der Waals surface area (Å²) in [4.78, 5) is 59.2. The minimum Gasteiger partial charge on any atom is -0.426 e. The zero-order chi connectivity index (χ0) is 20.2. The number of aliphatic hydroxyl groups is 1. The van der Waals surface area contributed by atoms with Crippen LogP contribution in [-0.4, -0.2) is 48.2 Å². The number of hydrogen-bond acceptors (Lipinski definition) is 6.